The number of benzene rings is 2. The third-order valence-electron chi connectivity index (χ3n) is 3.49. The minimum atomic E-state index is -0.800. The molecule has 0 aliphatic rings. The van der Waals surface area contributed by atoms with Crippen LogP contribution in [-0.2, 0) is 14.3 Å². The minimum Gasteiger partial charge on any atom is -0.497 e. The molecule has 0 atom stereocenters. The van der Waals surface area contributed by atoms with Crippen LogP contribution in [0, 0.1) is 12.7 Å². The summed E-state index contributed by atoms with van der Waals surface area (Å²) < 4.78 is 23.4. The largest absolute Gasteiger partial charge is 0.497 e. The van der Waals surface area contributed by atoms with E-state index in [0.29, 0.717) is 16.9 Å². The van der Waals surface area contributed by atoms with Gasteiger partial charge in [-0.15, -0.1) is 0 Å². The van der Waals surface area contributed by atoms with E-state index in [1.54, 1.807) is 31.2 Å². The molecule has 0 fully saturated rings. The van der Waals surface area contributed by atoms with Crippen molar-refractivity contribution in [3.05, 3.63) is 59.4 Å². The molecule has 0 aliphatic carbocycles. The third-order valence-corrected chi connectivity index (χ3v) is 3.49. The van der Waals surface area contributed by atoms with Gasteiger partial charge in [0.2, 0.25) is 0 Å². The van der Waals surface area contributed by atoms with Gasteiger partial charge in [-0.25, -0.2) is 4.39 Å². The van der Waals surface area contributed by atoms with E-state index in [9.17, 15) is 18.8 Å². The molecular formula is C19H19FN2O5. The normalized spacial score (nSPS) is 10.0. The lowest BCUT2D eigenvalue weighted by molar-refractivity contribution is -0.146. The first-order chi connectivity index (χ1) is 12.9. The molecule has 0 unspecified atom stereocenters. The van der Waals surface area contributed by atoms with Crippen molar-refractivity contribution in [3.8, 4) is 5.75 Å². The monoisotopic (exact) mass is 374 g/mol. The minimum absolute atomic E-state index is 0.00650. The van der Waals surface area contributed by atoms with E-state index < -0.39 is 36.8 Å². The maximum Gasteiger partial charge on any atom is 0.325 e. The summed E-state index contributed by atoms with van der Waals surface area (Å²) in [5.74, 6) is -2.06. The molecule has 0 bridgehead atoms. The number of halogens is 1. The number of esters is 1. The number of nitrogens with one attached hydrogen (secondary N) is 2. The maximum absolute atomic E-state index is 13.7. The van der Waals surface area contributed by atoms with Crippen molar-refractivity contribution in [2.45, 2.75) is 6.92 Å². The van der Waals surface area contributed by atoms with Gasteiger partial charge in [0.15, 0.2) is 6.61 Å². The predicted octanol–water partition coefficient (Wildman–Crippen LogP) is 2.05. The molecule has 0 aliphatic heterocycles. The Bertz CT molecular complexity index is 854. The van der Waals surface area contributed by atoms with E-state index in [4.69, 9.17) is 9.47 Å². The molecule has 0 saturated heterocycles. The van der Waals surface area contributed by atoms with Crippen LogP contribution in [0.5, 0.6) is 5.75 Å². The van der Waals surface area contributed by atoms with Crippen molar-refractivity contribution in [2.75, 3.05) is 25.6 Å². The van der Waals surface area contributed by atoms with E-state index in [1.807, 2.05) is 0 Å². The first kappa shape index (κ1) is 19.9. The number of carbonyl (C=O) groups is 3. The number of anilines is 1. The molecule has 2 amide bonds. The Morgan fingerprint density at radius 2 is 1.89 bits per heavy atom. The van der Waals surface area contributed by atoms with Crippen molar-refractivity contribution in [3.63, 3.8) is 0 Å². The van der Waals surface area contributed by atoms with Gasteiger partial charge in [-0.3, -0.25) is 14.4 Å². The number of amides is 2. The molecule has 0 radical (unpaired) electrons. The molecule has 0 aromatic heterocycles. The fraction of sp³-hybridized carbons (Fsp3) is 0.211. The molecule has 2 rings (SSSR count). The number of carbonyl (C=O) groups excluding carboxylic acids is 3. The van der Waals surface area contributed by atoms with Crippen LogP contribution in [0.15, 0.2) is 42.5 Å². The zero-order valence-corrected chi connectivity index (χ0v) is 14.9. The second kappa shape index (κ2) is 9.33. The average Bonchev–Trinajstić information content (AvgIpc) is 2.66. The summed E-state index contributed by atoms with van der Waals surface area (Å²) in [6.07, 6.45) is 0. The molecule has 2 aromatic rings. The molecular weight excluding hydrogens is 355 g/mol. The lowest BCUT2D eigenvalue weighted by Gasteiger charge is -2.09. The van der Waals surface area contributed by atoms with E-state index in [1.165, 1.54) is 25.3 Å². The first-order valence-electron chi connectivity index (χ1n) is 8.03. The van der Waals surface area contributed by atoms with Crippen LogP contribution < -0.4 is 15.4 Å². The molecule has 27 heavy (non-hydrogen) atoms. The zero-order chi connectivity index (χ0) is 19.8. The molecule has 8 heteroatoms. The smallest absolute Gasteiger partial charge is 0.325 e. The Labute approximate surface area is 155 Å². The molecule has 0 saturated carbocycles. The van der Waals surface area contributed by atoms with Gasteiger partial charge in [-0.2, -0.15) is 0 Å². The third kappa shape index (κ3) is 6.10. The number of methoxy groups -OCH3 is 1. The SMILES string of the molecule is COc1cccc(C(=O)NCC(=O)OCC(=O)Nc2ccc(C)cc2F)c1. The lowest BCUT2D eigenvalue weighted by atomic mass is 10.2. The Kier molecular flexibility index (Phi) is 6.87. The summed E-state index contributed by atoms with van der Waals surface area (Å²) in [6, 6.07) is 10.7. The zero-order valence-electron chi connectivity index (χ0n) is 14.9. The Morgan fingerprint density at radius 1 is 1.11 bits per heavy atom. The van der Waals surface area contributed by atoms with Crippen molar-refractivity contribution in [1.82, 2.24) is 5.32 Å². The maximum atomic E-state index is 13.7. The quantitative estimate of drug-likeness (QED) is 0.724. The second-order valence-corrected chi connectivity index (χ2v) is 5.61. The van der Waals surface area contributed by atoms with E-state index in [-0.39, 0.29) is 5.69 Å². The van der Waals surface area contributed by atoms with E-state index >= 15 is 0 Å². The molecule has 2 N–H and O–H groups in total. The Morgan fingerprint density at radius 3 is 2.59 bits per heavy atom. The van der Waals surface area contributed by atoms with Crippen LogP contribution in [0.4, 0.5) is 10.1 Å². The van der Waals surface area contributed by atoms with E-state index in [2.05, 4.69) is 10.6 Å². The summed E-state index contributed by atoms with van der Waals surface area (Å²) in [7, 11) is 1.47. The van der Waals surface area contributed by atoms with Crippen LogP contribution in [0.3, 0.4) is 0 Å². The van der Waals surface area contributed by atoms with Crippen LogP contribution in [0.1, 0.15) is 15.9 Å². The number of rotatable bonds is 7. The fourth-order valence-corrected chi connectivity index (χ4v) is 2.12. The molecule has 2 aromatic carbocycles. The van der Waals surface area contributed by atoms with Crippen LogP contribution in [-0.4, -0.2) is 38.0 Å². The topological polar surface area (TPSA) is 93.7 Å². The Hall–Kier alpha value is -3.42. The van der Waals surface area contributed by atoms with Crippen molar-refractivity contribution in [1.29, 1.82) is 0 Å². The van der Waals surface area contributed by atoms with E-state index in [0.717, 1.165) is 0 Å². The molecule has 142 valence electrons. The highest BCUT2D eigenvalue weighted by atomic mass is 19.1. The summed E-state index contributed by atoms with van der Waals surface area (Å²) in [6.45, 7) is 0.708. The van der Waals surface area contributed by atoms with Crippen molar-refractivity contribution >= 4 is 23.5 Å². The fourth-order valence-electron chi connectivity index (χ4n) is 2.12. The summed E-state index contributed by atoms with van der Waals surface area (Å²) in [4.78, 5) is 35.3. The standard InChI is InChI=1S/C19H19FN2O5/c1-12-6-7-16(15(20)8-12)22-17(23)11-27-18(24)10-21-19(25)13-4-3-5-14(9-13)26-2/h3-9H,10-11H2,1-2H3,(H,21,25)(H,22,23). The summed E-state index contributed by atoms with van der Waals surface area (Å²) in [5.41, 5.74) is 1.02. The van der Waals surface area contributed by atoms with Gasteiger partial charge >= 0.3 is 5.97 Å². The van der Waals surface area contributed by atoms with Gasteiger partial charge in [0.1, 0.15) is 18.1 Å². The van der Waals surface area contributed by atoms with Gasteiger partial charge < -0.3 is 20.1 Å². The second-order valence-electron chi connectivity index (χ2n) is 5.61. The number of ether oxygens (including phenoxy) is 2. The Balaban J connectivity index is 1.76. The predicted molar refractivity (Wildman–Crippen MR) is 96.1 cm³/mol. The summed E-state index contributed by atoms with van der Waals surface area (Å²) >= 11 is 0. The van der Waals surface area contributed by atoms with Crippen molar-refractivity contribution < 1.29 is 28.2 Å². The summed E-state index contributed by atoms with van der Waals surface area (Å²) in [5, 5.41) is 4.68. The average molecular weight is 374 g/mol. The van der Waals surface area contributed by atoms with Gasteiger partial charge in [0.05, 0.1) is 12.8 Å². The molecule has 0 heterocycles. The molecule has 7 nitrogen and oxygen atoms in total. The van der Waals surface area contributed by atoms with Gasteiger partial charge in [0, 0.05) is 5.56 Å². The first-order valence-corrected chi connectivity index (χ1v) is 8.03. The highest BCUT2D eigenvalue weighted by Crippen LogP contribution is 2.15. The van der Waals surface area contributed by atoms with Gasteiger partial charge in [0.25, 0.3) is 11.8 Å². The van der Waals surface area contributed by atoms with Crippen LogP contribution in [0.25, 0.3) is 0 Å². The highest BCUT2D eigenvalue weighted by molar-refractivity contribution is 5.97. The lowest BCUT2D eigenvalue weighted by Crippen LogP contribution is -2.32. The van der Waals surface area contributed by atoms with Crippen LogP contribution in [0.2, 0.25) is 0 Å². The number of hydrogen-bond acceptors (Lipinski definition) is 5. The highest BCUT2D eigenvalue weighted by Gasteiger charge is 2.12. The number of hydrogen-bond donors (Lipinski definition) is 2. The number of aryl methyl sites for hydroxylation is 1. The van der Waals surface area contributed by atoms with Crippen molar-refractivity contribution in [2.24, 2.45) is 0 Å². The van der Waals surface area contributed by atoms with Crippen LogP contribution >= 0.6 is 0 Å². The van der Waals surface area contributed by atoms with Gasteiger partial charge in [-0.05, 0) is 42.8 Å². The molecule has 0 spiro atoms. The van der Waals surface area contributed by atoms with Gasteiger partial charge in [-0.1, -0.05) is 12.1 Å².